The van der Waals surface area contributed by atoms with Gasteiger partial charge in [0, 0.05) is 28.2 Å². The van der Waals surface area contributed by atoms with E-state index in [2.05, 4.69) is 44.4 Å². The van der Waals surface area contributed by atoms with Crippen LogP contribution in [-0.4, -0.2) is 33.7 Å². The van der Waals surface area contributed by atoms with E-state index in [1.54, 1.807) is 19.4 Å². The Bertz CT molecular complexity index is 1840. The van der Waals surface area contributed by atoms with Gasteiger partial charge in [-0.25, -0.2) is 4.98 Å². The predicted octanol–water partition coefficient (Wildman–Crippen LogP) is 7.58. The highest BCUT2D eigenvalue weighted by Gasteiger charge is 2.19. The van der Waals surface area contributed by atoms with Crippen molar-refractivity contribution in [3.05, 3.63) is 105 Å². The van der Waals surface area contributed by atoms with Gasteiger partial charge in [0.2, 0.25) is 0 Å². The number of aryl methyl sites for hydroxylation is 2. The first-order valence-electron chi connectivity index (χ1n) is 14.3. The smallest absolute Gasteiger partial charge is 0.282 e. The van der Waals surface area contributed by atoms with Crippen LogP contribution >= 0.6 is 0 Å². The lowest BCUT2D eigenvalue weighted by Crippen LogP contribution is -2.21. The topological polar surface area (TPSA) is 70.6 Å². The summed E-state index contributed by atoms with van der Waals surface area (Å²) >= 11 is 0. The first kappa shape index (κ1) is 28.9. The summed E-state index contributed by atoms with van der Waals surface area (Å²) in [6.45, 7) is 14.4. The molecule has 0 unspecified atom stereocenters. The first-order valence-corrected chi connectivity index (χ1v) is 14.3. The molecular weight excluding hydrogens is 524 g/mol. The largest absolute Gasteiger partial charge is 0.496 e. The lowest BCUT2D eigenvalue weighted by molar-refractivity contribution is 0.242. The van der Waals surface area contributed by atoms with Crippen LogP contribution in [0.1, 0.15) is 61.7 Å². The van der Waals surface area contributed by atoms with Crippen LogP contribution in [0.25, 0.3) is 28.0 Å². The third kappa shape index (κ3) is 5.47. The second kappa shape index (κ2) is 11.7. The van der Waals surface area contributed by atoms with Gasteiger partial charge in [-0.15, -0.1) is 0 Å². The molecule has 0 saturated carbocycles. The maximum atomic E-state index is 13.9. The number of nitrogens with zero attached hydrogens (tertiary/aromatic N) is 4. The number of hydrogen-bond acceptors (Lipinski definition) is 5. The number of ether oxygens (including phenoxy) is 2. The van der Waals surface area contributed by atoms with E-state index in [-0.39, 0.29) is 17.6 Å². The van der Waals surface area contributed by atoms with Crippen LogP contribution in [0, 0.1) is 20.8 Å². The summed E-state index contributed by atoms with van der Waals surface area (Å²) in [5.41, 5.74) is 7.26. The van der Waals surface area contributed by atoms with E-state index in [4.69, 9.17) is 19.6 Å². The summed E-state index contributed by atoms with van der Waals surface area (Å²) in [7, 11) is 1.68. The van der Waals surface area contributed by atoms with Crippen LogP contribution in [0.2, 0.25) is 0 Å². The van der Waals surface area contributed by atoms with Gasteiger partial charge in [0.05, 0.1) is 30.3 Å². The van der Waals surface area contributed by atoms with Gasteiger partial charge in [-0.2, -0.15) is 9.78 Å². The molecule has 2 heterocycles. The van der Waals surface area contributed by atoms with Crippen LogP contribution in [0.3, 0.4) is 0 Å². The molecule has 0 atom stereocenters. The van der Waals surface area contributed by atoms with Crippen molar-refractivity contribution in [1.29, 1.82) is 0 Å². The number of hydrogen-bond donors (Lipinski definition) is 0. The lowest BCUT2D eigenvalue weighted by atomic mass is 9.96. The van der Waals surface area contributed by atoms with Gasteiger partial charge in [0.15, 0.2) is 5.82 Å². The standard InChI is InChI=1S/C35H38N4O3/c1-21(2)30-19-31(23(5)17-33(30)41-8)34-37-32-12-10-9-11-29(32)35(40)39(34)36-20-26-18-24(6)38(25(26)7)27-13-15-28(16-14-27)42-22(3)4/h9-22H,1-8H3. The maximum Gasteiger partial charge on any atom is 0.282 e. The highest BCUT2D eigenvalue weighted by molar-refractivity contribution is 5.84. The fourth-order valence-electron chi connectivity index (χ4n) is 5.35. The number of rotatable bonds is 8. The fraction of sp³-hybridized carbons (Fsp3) is 0.286. The molecule has 0 N–H and O–H groups in total. The van der Waals surface area contributed by atoms with Gasteiger partial charge >= 0.3 is 0 Å². The van der Waals surface area contributed by atoms with Crippen LogP contribution in [0.15, 0.2) is 76.6 Å². The normalized spacial score (nSPS) is 11.8. The van der Waals surface area contributed by atoms with E-state index < -0.39 is 0 Å². The molecule has 0 bridgehead atoms. The molecule has 216 valence electrons. The van der Waals surface area contributed by atoms with E-state index in [0.29, 0.717) is 16.7 Å². The van der Waals surface area contributed by atoms with Crippen molar-refractivity contribution < 1.29 is 9.47 Å². The van der Waals surface area contributed by atoms with Crippen molar-refractivity contribution in [2.45, 2.75) is 60.5 Å². The predicted molar refractivity (Wildman–Crippen MR) is 171 cm³/mol. The molecule has 0 aliphatic carbocycles. The third-order valence-corrected chi connectivity index (χ3v) is 7.44. The minimum Gasteiger partial charge on any atom is -0.496 e. The Hall–Kier alpha value is -4.65. The summed E-state index contributed by atoms with van der Waals surface area (Å²) in [6, 6.07) is 21.6. The van der Waals surface area contributed by atoms with Crippen molar-refractivity contribution in [1.82, 2.24) is 14.2 Å². The van der Waals surface area contributed by atoms with Crippen LogP contribution < -0.4 is 15.0 Å². The second-order valence-corrected chi connectivity index (χ2v) is 11.2. The minimum atomic E-state index is -0.220. The summed E-state index contributed by atoms with van der Waals surface area (Å²) in [5, 5.41) is 5.29. The van der Waals surface area contributed by atoms with Crippen molar-refractivity contribution in [2.24, 2.45) is 5.10 Å². The SMILES string of the molecule is COc1cc(C)c(-c2nc3ccccc3c(=O)n2N=Cc2cc(C)n(-c3ccc(OC(C)C)cc3)c2C)cc1C(C)C. The van der Waals surface area contributed by atoms with E-state index in [1.165, 1.54) is 4.68 Å². The van der Waals surface area contributed by atoms with E-state index in [1.807, 2.05) is 69.3 Å². The van der Waals surface area contributed by atoms with Crippen molar-refractivity contribution in [3.8, 4) is 28.6 Å². The molecule has 42 heavy (non-hydrogen) atoms. The summed E-state index contributed by atoms with van der Waals surface area (Å²) in [4.78, 5) is 18.8. The zero-order valence-electron chi connectivity index (χ0n) is 25.6. The van der Waals surface area contributed by atoms with E-state index in [9.17, 15) is 4.79 Å². The summed E-state index contributed by atoms with van der Waals surface area (Å²) in [6.07, 6.45) is 1.86. The average molecular weight is 563 g/mol. The Kier molecular flexibility index (Phi) is 8.03. The van der Waals surface area contributed by atoms with Gasteiger partial charge in [0.1, 0.15) is 11.5 Å². The molecule has 7 heteroatoms. The Morgan fingerprint density at radius 3 is 2.31 bits per heavy atom. The number of benzene rings is 3. The Morgan fingerprint density at radius 1 is 0.929 bits per heavy atom. The van der Waals surface area contributed by atoms with Gasteiger partial charge in [-0.1, -0.05) is 26.0 Å². The molecule has 5 rings (SSSR count). The molecule has 3 aromatic carbocycles. The van der Waals surface area contributed by atoms with Gasteiger partial charge < -0.3 is 14.0 Å². The van der Waals surface area contributed by atoms with Crippen molar-refractivity contribution in [2.75, 3.05) is 7.11 Å². The highest BCUT2D eigenvalue weighted by Crippen LogP contribution is 2.34. The monoisotopic (exact) mass is 562 g/mol. The molecule has 0 spiro atoms. The summed E-state index contributed by atoms with van der Waals surface area (Å²) < 4.78 is 15.1. The fourth-order valence-corrected chi connectivity index (χ4v) is 5.35. The average Bonchev–Trinajstić information content (AvgIpc) is 3.24. The molecule has 5 aromatic rings. The van der Waals surface area contributed by atoms with E-state index >= 15 is 0 Å². The van der Waals surface area contributed by atoms with E-state index in [0.717, 1.165) is 50.8 Å². The van der Waals surface area contributed by atoms with Crippen molar-refractivity contribution >= 4 is 17.1 Å². The van der Waals surface area contributed by atoms with Gasteiger partial charge in [0.25, 0.3) is 5.56 Å². The first-order chi connectivity index (χ1) is 20.1. The number of aromatic nitrogens is 3. The van der Waals surface area contributed by atoms with Gasteiger partial charge in [-0.05, 0) is 106 Å². The zero-order chi connectivity index (χ0) is 30.1. The quantitative estimate of drug-likeness (QED) is 0.183. The molecule has 2 aromatic heterocycles. The number of fused-ring (bicyclic) bond motifs is 1. The minimum absolute atomic E-state index is 0.116. The Balaban J connectivity index is 1.64. The van der Waals surface area contributed by atoms with Crippen molar-refractivity contribution in [3.63, 3.8) is 0 Å². The summed E-state index contributed by atoms with van der Waals surface area (Å²) in [5.74, 6) is 2.37. The molecule has 0 radical (unpaired) electrons. The number of para-hydroxylation sites is 1. The van der Waals surface area contributed by atoms with Crippen LogP contribution in [0.5, 0.6) is 11.5 Å². The Labute approximate surface area is 247 Å². The molecule has 0 saturated heterocycles. The molecule has 0 amide bonds. The maximum absolute atomic E-state index is 13.9. The molecular formula is C35H38N4O3. The molecule has 0 aliphatic rings. The van der Waals surface area contributed by atoms with Crippen LogP contribution in [-0.2, 0) is 0 Å². The molecule has 0 aliphatic heterocycles. The molecule has 7 nitrogen and oxygen atoms in total. The lowest BCUT2D eigenvalue weighted by Gasteiger charge is -2.17. The zero-order valence-corrected chi connectivity index (χ0v) is 25.6. The highest BCUT2D eigenvalue weighted by atomic mass is 16.5. The van der Waals surface area contributed by atoms with Crippen LogP contribution in [0.4, 0.5) is 0 Å². The number of methoxy groups -OCH3 is 1. The van der Waals surface area contributed by atoms with Gasteiger partial charge in [-0.3, -0.25) is 4.79 Å². The Morgan fingerprint density at radius 2 is 1.64 bits per heavy atom. The third-order valence-electron chi connectivity index (χ3n) is 7.44. The second-order valence-electron chi connectivity index (χ2n) is 11.2. The molecule has 0 fully saturated rings.